The van der Waals surface area contributed by atoms with Crippen molar-refractivity contribution < 1.29 is 4.79 Å². The maximum Gasteiger partial charge on any atom is 0.194 e. The molecule has 4 aromatic carbocycles. The maximum atomic E-state index is 13.6. The number of ketones is 1. The molecule has 0 N–H and O–H groups in total. The van der Waals surface area contributed by atoms with Gasteiger partial charge in [0.2, 0.25) is 0 Å². The summed E-state index contributed by atoms with van der Waals surface area (Å²) in [6.45, 7) is 4.64. The van der Waals surface area contributed by atoms with Crippen molar-refractivity contribution in [1.82, 2.24) is 0 Å². The summed E-state index contributed by atoms with van der Waals surface area (Å²) in [6, 6.07) is 28.2. The number of hydrogen-bond acceptors (Lipinski definition) is 1. The van der Waals surface area contributed by atoms with Gasteiger partial charge in [0.1, 0.15) is 0 Å². The topological polar surface area (TPSA) is 17.1 Å². The Hall–Kier alpha value is -3.45. The lowest BCUT2D eigenvalue weighted by atomic mass is 9.70. The molecule has 1 nitrogen and oxygen atoms in total. The maximum absolute atomic E-state index is 13.6. The van der Waals surface area contributed by atoms with E-state index in [2.05, 4.69) is 86.6 Å². The smallest absolute Gasteiger partial charge is 0.194 e. The van der Waals surface area contributed by atoms with Crippen LogP contribution in [0.4, 0.5) is 0 Å². The summed E-state index contributed by atoms with van der Waals surface area (Å²) in [4.78, 5) is 13.6. The van der Waals surface area contributed by atoms with Crippen LogP contribution in [-0.2, 0) is 31.1 Å². The lowest BCUT2D eigenvalue weighted by molar-refractivity contribution is 0.104. The molecule has 0 amide bonds. The third-order valence-electron chi connectivity index (χ3n) is 11.8. The highest BCUT2D eigenvalue weighted by Crippen LogP contribution is 2.55. The van der Waals surface area contributed by atoms with Gasteiger partial charge in [-0.15, -0.1) is 0 Å². The highest BCUT2D eigenvalue weighted by atomic mass is 16.1. The van der Waals surface area contributed by atoms with Crippen LogP contribution in [-0.4, -0.2) is 5.78 Å². The Kier molecular flexibility index (Phi) is 9.80. The molecule has 0 radical (unpaired) electrons. The van der Waals surface area contributed by atoms with Crippen LogP contribution in [0.5, 0.6) is 0 Å². The number of rotatable bonds is 14. The predicted molar refractivity (Wildman–Crippen MR) is 199 cm³/mol. The van der Waals surface area contributed by atoms with Gasteiger partial charge in [0.05, 0.1) is 0 Å². The number of carbonyl (C=O) groups excluding carboxylic acids is 1. The van der Waals surface area contributed by atoms with Crippen LogP contribution in [0.2, 0.25) is 0 Å². The van der Waals surface area contributed by atoms with Crippen LogP contribution in [0.25, 0.3) is 22.3 Å². The normalized spacial score (nSPS) is 15.2. The summed E-state index contributed by atoms with van der Waals surface area (Å²) in [5.41, 5.74) is 15.7. The summed E-state index contributed by atoms with van der Waals surface area (Å²) < 4.78 is 0. The molecular formula is C46H54O. The molecule has 1 heteroatoms. The molecule has 0 unspecified atom stereocenters. The van der Waals surface area contributed by atoms with Crippen LogP contribution in [0, 0.1) is 0 Å². The van der Waals surface area contributed by atoms with Crippen LogP contribution in [0.15, 0.2) is 72.8 Å². The van der Waals surface area contributed by atoms with E-state index >= 15 is 0 Å². The zero-order valence-electron chi connectivity index (χ0n) is 29.1. The Morgan fingerprint density at radius 3 is 1.21 bits per heavy atom. The molecule has 0 heterocycles. The SMILES string of the molecule is CCCCCCCCC1(CCCCCCCC)c2cc3ccc2-c2ccc(cc21)CCc1ccc2c(c1)C(=O)c1cc(ccc1-2)CC3. The van der Waals surface area contributed by atoms with Crippen molar-refractivity contribution in [2.75, 3.05) is 0 Å². The Labute approximate surface area is 284 Å². The number of unbranched alkanes of at least 4 members (excludes halogenated alkanes) is 10. The molecule has 0 saturated carbocycles. The standard InChI is InChI=1S/C46H54O/c1-3-5-7-9-11-13-27-46(28-14-12-10-8-6-4-2)43-31-35-17-15-33-19-23-37-38-24-20-34(30-42(38)45(47)41(37)29-33)16-18-36-22-26-40(44(46)32-36)39(43)25-21-35/h19-26,29-32H,3-18,27-28H2,1-2H3. The number of benzene rings is 4. The van der Waals surface area contributed by atoms with Gasteiger partial charge in [-0.1, -0.05) is 152 Å². The summed E-state index contributed by atoms with van der Waals surface area (Å²) in [7, 11) is 0. The minimum Gasteiger partial charge on any atom is -0.289 e. The quantitative estimate of drug-likeness (QED) is 0.113. The number of fused-ring (bicyclic) bond motifs is 6. The van der Waals surface area contributed by atoms with Gasteiger partial charge < -0.3 is 0 Å². The van der Waals surface area contributed by atoms with Crippen molar-refractivity contribution in [2.45, 2.75) is 135 Å². The second-order valence-electron chi connectivity index (χ2n) is 15.0. The van der Waals surface area contributed by atoms with Crippen molar-refractivity contribution in [1.29, 1.82) is 0 Å². The third kappa shape index (κ3) is 6.40. The molecule has 3 aliphatic carbocycles. The van der Waals surface area contributed by atoms with Gasteiger partial charge >= 0.3 is 0 Å². The number of aryl methyl sites for hydroxylation is 4. The molecule has 244 valence electrons. The second-order valence-corrected chi connectivity index (χ2v) is 15.0. The van der Waals surface area contributed by atoms with Crippen molar-refractivity contribution in [3.05, 3.63) is 117 Å². The van der Waals surface area contributed by atoms with E-state index in [1.54, 1.807) is 11.1 Å². The molecule has 0 fully saturated rings. The number of hydrogen-bond donors (Lipinski definition) is 0. The fourth-order valence-corrected chi connectivity index (χ4v) is 9.04. The second kappa shape index (κ2) is 14.3. The first-order valence-corrected chi connectivity index (χ1v) is 19.2. The van der Waals surface area contributed by atoms with Crippen LogP contribution < -0.4 is 0 Å². The molecule has 3 aliphatic rings. The zero-order valence-corrected chi connectivity index (χ0v) is 29.1. The van der Waals surface area contributed by atoms with E-state index in [0.717, 1.165) is 47.9 Å². The molecule has 0 aromatic heterocycles. The molecule has 0 saturated heterocycles. The van der Waals surface area contributed by atoms with Gasteiger partial charge in [-0.25, -0.2) is 0 Å². The molecule has 4 aromatic rings. The molecule has 0 aliphatic heterocycles. The highest BCUT2D eigenvalue weighted by Gasteiger charge is 2.42. The minimum absolute atomic E-state index is 0.108. The third-order valence-corrected chi connectivity index (χ3v) is 11.8. The monoisotopic (exact) mass is 622 g/mol. The first-order chi connectivity index (χ1) is 23.1. The lowest BCUT2D eigenvalue weighted by Gasteiger charge is -2.33. The van der Waals surface area contributed by atoms with E-state index in [9.17, 15) is 4.79 Å². The van der Waals surface area contributed by atoms with Crippen molar-refractivity contribution in [2.24, 2.45) is 0 Å². The van der Waals surface area contributed by atoms with Gasteiger partial charge in [-0.05, 0) is 106 Å². The summed E-state index contributed by atoms with van der Waals surface area (Å²) in [5.74, 6) is 0.199. The molecular weight excluding hydrogens is 569 g/mol. The van der Waals surface area contributed by atoms with E-state index in [1.807, 2.05) is 0 Å². The van der Waals surface area contributed by atoms with Gasteiger partial charge in [0, 0.05) is 16.5 Å². The van der Waals surface area contributed by atoms with Crippen molar-refractivity contribution in [3.8, 4) is 22.3 Å². The Morgan fingerprint density at radius 1 is 0.426 bits per heavy atom. The summed E-state index contributed by atoms with van der Waals surface area (Å²) >= 11 is 0. The van der Waals surface area contributed by atoms with Crippen LogP contribution >= 0.6 is 0 Å². The fourth-order valence-electron chi connectivity index (χ4n) is 9.04. The van der Waals surface area contributed by atoms with E-state index in [-0.39, 0.29) is 11.2 Å². The molecule has 8 bridgehead atoms. The van der Waals surface area contributed by atoms with E-state index in [1.165, 1.54) is 123 Å². The van der Waals surface area contributed by atoms with Gasteiger partial charge in [-0.3, -0.25) is 4.79 Å². The summed E-state index contributed by atoms with van der Waals surface area (Å²) in [6.07, 6.45) is 22.6. The Morgan fingerprint density at radius 2 is 0.787 bits per heavy atom. The largest absolute Gasteiger partial charge is 0.289 e. The average Bonchev–Trinajstić information content (AvgIpc) is 3.53. The van der Waals surface area contributed by atoms with Gasteiger partial charge in [0.15, 0.2) is 5.78 Å². The average molecular weight is 623 g/mol. The van der Waals surface area contributed by atoms with Gasteiger partial charge in [-0.2, -0.15) is 0 Å². The lowest BCUT2D eigenvalue weighted by Crippen LogP contribution is -2.26. The first kappa shape index (κ1) is 32.1. The van der Waals surface area contributed by atoms with Crippen LogP contribution in [0.1, 0.15) is 153 Å². The zero-order chi connectivity index (χ0) is 32.2. The fraction of sp³-hybridized carbons (Fsp3) is 0.457. The Balaban J connectivity index is 1.28. The van der Waals surface area contributed by atoms with Crippen molar-refractivity contribution in [3.63, 3.8) is 0 Å². The van der Waals surface area contributed by atoms with E-state index < -0.39 is 0 Å². The van der Waals surface area contributed by atoms with Gasteiger partial charge in [0.25, 0.3) is 0 Å². The van der Waals surface area contributed by atoms with E-state index in [0.29, 0.717) is 0 Å². The Bertz CT molecular complexity index is 1610. The molecule has 0 spiro atoms. The first-order valence-electron chi connectivity index (χ1n) is 19.2. The highest BCUT2D eigenvalue weighted by molar-refractivity contribution is 6.21. The predicted octanol–water partition coefficient (Wildman–Crippen LogP) is 12.5. The molecule has 47 heavy (non-hydrogen) atoms. The summed E-state index contributed by atoms with van der Waals surface area (Å²) in [5, 5.41) is 0. The number of carbonyl (C=O) groups is 1. The van der Waals surface area contributed by atoms with Crippen molar-refractivity contribution >= 4 is 5.78 Å². The minimum atomic E-state index is 0.108. The van der Waals surface area contributed by atoms with Crippen LogP contribution in [0.3, 0.4) is 0 Å². The van der Waals surface area contributed by atoms with E-state index in [4.69, 9.17) is 0 Å². The molecule has 0 atom stereocenters. The molecule has 7 rings (SSSR count).